The van der Waals surface area contributed by atoms with Crippen LogP contribution in [0.15, 0.2) is 0 Å². The van der Waals surface area contributed by atoms with Gasteiger partial charge in [-0.05, 0) is 46.8 Å². The quantitative estimate of drug-likeness (QED) is 0.433. The minimum absolute atomic E-state index is 0.640. The minimum atomic E-state index is -2.46. The van der Waals surface area contributed by atoms with Gasteiger partial charge < -0.3 is 17.7 Å². The van der Waals surface area contributed by atoms with Crippen LogP contribution in [0.2, 0.25) is 25.7 Å². The highest BCUT2D eigenvalue weighted by Gasteiger charge is 2.39. The Kier molecular flexibility index (Phi) is 9.36. The first-order chi connectivity index (χ1) is 8.39. The first-order valence-electron chi connectivity index (χ1n) is 6.95. The van der Waals surface area contributed by atoms with Gasteiger partial charge in [0.25, 0.3) is 0 Å². The monoisotopic (exact) mass is 294 g/mol. The summed E-state index contributed by atoms with van der Waals surface area (Å²) < 4.78 is 23.2. The summed E-state index contributed by atoms with van der Waals surface area (Å²) >= 11 is 0. The van der Waals surface area contributed by atoms with E-state index in [0.717, 1.165) is 19.1 Å². The average Bonchev–Trinajstić information content (AvgIpc) is 2.24. The molecule has 0 amide bonds. The minimum Gasteiger partial charge on any atom is -0.418 e. The molecule has 0 atom stereocenters. The Balaban J connectivity index is 4.21. The lowest BCUT2D eigenvalue weighted by atomic mass is 10.5. The van der Waals surface area contributed by atoms with E-state index < -0.39 is 17.1 Å². The Hall–Kier alpha value is 0.274. The first-order valence-corrected chi connectivity index (χ1v) is 12.3. The van der Waals surface area contributed by atoms with E-state index in [1.807, 2.05) is 20.8 Å². The van der Waals surface area contributed by atoms with Gasteiger partial charge in [0.15, 0.2) is 8.32 Å². The summed E-state index contributed by atoms with van der Waals surface area (Å²) in [6.07, 6.45) is 0.941. The maximum Gasteiger partial charge on any atom is 0.501 e. The molecule has 0 aliphatic carbocycles. The second kappa shape index (κ2) is 9.22. The maximum atomic E-state index is 5.85. The standard InChI is InChI=1S/C12H30O4Si2/c1-7-13-18(14-8-2,15-9-3)12-10-11-16-17(4,5)6/h7-12H2,1-6H3. The van der Waals surface area contributed by atoms with Crippen LogP contribution in [0.1, 0.15) is 27.2 Å². The summed E-state index contributed by atoms with van der Waals surface area (Å²) in [5.41, 5.74) is 0. The highest BCUT2D eigenvalue weighted by atomic mass is 28.4. The summed E-state index contributed by atoms with van der Waals surface area (Å²) in [5, 5.41) is 0. The van der Waals surface area contributed by atoms with E-state index in [0.29, 0.717) is 19.8 Å². The van der Waals surface area contributed by atoms with Crippen LogP contribution in [0.25, 0.3) is 0 Å². The van der Waals surface area contributed by atoms with Crippen LogP contribution in [0.4, 0.5) is 0 Å². The van der Waals surface area contributed by atoms with E-state index in [1.54, 1.807) is 0 Å². The summed E-state index contributed by atoms with van der Waals surface area (Å²) in [4.78, 5) is 0. The molecular formula is C12H30O4Si2. The van der Waals surface area contributed by atoms with Crippen molar-refractivity contribution in [1.82, 2.24) is 0 Å². The molecule has 18 heavy (non-hydrogen) atoms. The summed E-state index contributed by atoms with van der Waals surface area (Å²) in [6, 6.07) is 0.840. The summed E-state index contributed by atoms with van der Waals surface area (Å²) in [6.45, 7) is 15.2. The Morgan fingerprint density at radius 1 is 0.722 bits per heavy atom. The van der Waals surface area contributed by atoms with Crippen molar-refractivity contribution in [3.05, 3.63) is 0 Å². The predicted octanol–water partition coefficient (Wildman–Crippen LogP) is 3.28. The molecular weight excluding hydrogens is 264 g/mol. The second-order valence-corrected chi connectivity index (χ2v) is 12.3. The van der Waals surface area contributed by atoms with Crippen LogP contribution in [0.5, 0.6) is 0 Å². The molecule has 4 nitrogen and oxygen atoms in total. The third-order valence-corrected chi connectivity index (χ3v) is 6.48. The second-order valence-electron chi connectivity index (χ2n) is 5.05. The topological polar surface area (TPSA) is 36.9 Å². The molecule has 0 N–H and O–H groups in total. The molecule has 0 fully saturated rings. The Labute approximate surface area is 114 Å². The van der Waals surface area contributed by atoms with Crippen LogP contribution in [0, 0.1) is 0 Å². The molecule has 0 bridgehead atoms. The molecule has 6 heteroatoms. The number of hydrogen-bond acceptors (Lipinski definition) is 4. The fourth-order valence-corrected chi connectivity index (χ4v) is 5.00. The van der Waals surface area contributed by atoms with E-state index in [-0.39, 0.29) is 0 Å². The molecule has 0 aliphatic heterocycles. The fraction of sp³-hybridized carbons (Fsp3) is 1.00. The highest BCUT2D eigenvalue weighted by molar-refractivity contribution is 6.69. The van der Waals surface area contributed by atoms with Crippen LogP contribution >= 0.6 is 0 Å². The van der Waals surface area contributed by atoms with E-state index in [1.165, 1.54) is 0 Å². The lowest BCUT2D eigenvalue weighted by molar-refractivity contribution is 0.0695. The van der Waals surface area contributed by atoms with Gasteiger partial charge in [-0.25, -0.2) is 0 Å². The van der Waals surface area contributed by atoms with Gasteiger partial charge in [-0.1, -0.05) is 0 Å². The van der Waals surface area contributed by atoms with E-state index >= 15 is 0 Å². The van der Waals surface area contributed by atoms with Crippen molar-refractivity contribution >= 4 is 17.1 Å². The van der Waals surface area contributed by atoms with Crippen molar-refractivity contribution in [2.24, 2.45) is 0 Å². The third-order valence-electron chi connectivity index (χ3n) is 2.26. The van der Waals surface area contributed by atoms with E-state index in [2.05, 4.69) is 19.6 Å². The van der Waals surface area contributed by atoms with Gasteiger partial charge in [-0.15, -0.1) is 0 Å². The van der Waals surface area contributed by atoms with Crippen molar-refractivity contribution in [3.63, 3.8) is 0 Å². The highest BCUT2D eigenvalue weighted by Crippen LogP contribution is 2.18. The zero-order chi connectivity index (χ0) is 14.1. The predicted molar refractivity (Wildman–Crippen MR) is 79.4 cm³/mol. The molecule has 0 rings (SSSR count). The Bertz CT molecular complexity index is 190. The van der Waals surface area contributed by atoms with Crippen molar-refractivity contribution < 1.29 is 17.7 Å². The van der Waals surface area contributed by atoms with Crippen LogP contribution in [-0.4, -0.2) is 43.5 Å². The third kappa shape index (κ3) is 8.39. The zero-order valence-electron chi connectivity index (χ0n) is 12.9. The maximum absolute atomic E-state index is 5.85. The van der Waals surface area contributed by atoms with Crippen molar-refractivity contribution in [1.29, 1.82) is 0 Å². The normalized spacial score (nSPS) is 13.0. The van der Waals surface area contributed by atoms with Gasteiger partial charge in [-0.2, -0.15) is 0 Å². The average molecular weight is 295 g/mol. The Morgan fingerprint density at radius 2 is 1.17 bits per heavy atom. The molecule has 0 aromatic rings. The largest absolute Gasteiger partial charge is 0.501 e. The lowest BCUT2D eigenvalue weighted by Gasteiger charge is -2.28. The molecule has 0 heterocycles. The molecule has 0 unspecified atom stereocenters. The van der Waals surface area contributed by atoms with Gasteiger partial charge in [0, 0.05) is 32.5 Å². The van der Waals surface area contributed by atoms with Crippen LogP contribution in [-0.2, 0) is 17.7 Å². The van der Waals surface area contributed by atoms with Crippen molar-refractivity contribution in [2.75, 3.05) is 26.4 Å². The zero-order valence-corrected chi connectivity index (χ0v) is 14.9. The van der Waals surface area contributed by atoms with Gasteiger partial charge in [0.05, 0.1) is 0 Å². The molecule has 0 saturated carbocycles. The molecule has 0 saturated heterocycles. The lowest BCUT2D eigenvalue weighted by Crippen LogP contribution is -2.46. The van der Waals surface area contributed by atoms with Crippen LogP contribution < -0.4 is 0 Å². The smallest absolute Gasteiger partial charge is 0.418 e. The Morgan fingerprint density at radius 3 is 1.50 bits per heavy atom. The van der Waals surface area contributed by atoms with Gasteiger partial charge in [0.2, 0.25) is 0 Å². The molecule has 0 aromatic carbocycles. The van der Waals surface area contributed by atoms with Crippen LogP contribution in [0.3, 0.4) is 0 Å². The fourth-order valence-electron chi connectivity index (χ4n) is 1.67. The SMILES string of the molecule is CCO[Si](CCCO[Si](C)(C)C)(OCC)OCC. The van der Waals surface area contributed by atoms with Gasteiger partial charge >= 0.3 is 8.80 Å². The molecule has 0 aromatic heterocycles. The molecule has 0 spiro atoms. The van der Waals surface area contributed by atoms with Crippen molar-refractivity contribution in [2.45, 2.75) is 52.9 Å². The van der Waals surface area contributed by atoms with E-state index in [4.69, 9.17) is 17.7 Å². The summed E-state index contributed by atoms with van der Waals surface area (Å²) in [5.74, 6) is 0. The molecule has 110 valence electrons. The van der Waals surface area contributed by atoms with E-state index in [9.17, 15) is 0 Å². The summed E-state index contributed by atoms with van der Waals surface area (Å²) in [7, 11) is -3.87. The molecule has 0 radical (unpaired) electrons. The number of rotatable bonds is 11. The van der Waals surface area contributed by atoms with Crippen molar-refractivity contribution in [3.8, 4) is 0 Å². The van der Waals surface area contributed by atoms with Gasteiger partial charge in [0.1, 0.15) is 0 Å². The molecule has 0 aliphatic rings. The number of hydrogen-bond donors (Lipinski definition) is 0. The first kappa shape index (κ1) is 18.3. The van der Waals surface area contributed by atoms with Gasteiger partial charge in [-0.3, -0.25) is 0 Å².